The van der Waals surface area contributed by atoms with E-state index in [4.69, 9.17) is 0 Å². The molecule has 7 heteroatoms. The van der Waals surface area contributed by atoms with Crippen LogP contribution in [0.15, 0.2) is 0 Å². The van der Waals surface area contributed by atoms with Crippen LogP contribution in [0.4, 0.5) is 0 Å². The molecule has 0 aliphatic heterocycles. The third kappa shape index (κ3) is 85.1. The molecular formula is C6H16N2O4Zn. The Kier molecular flexibility index (Phi) is 51.0. The van der Waals surface area contributed by atoms with Gasteiger partial charge in [0.2, 0.25) is 0 Å². The second kappa shape index (κ2) is 22.5. The van der Waals surface area contributed by atoms with Crippen molar-refractivity contribution in [3.8, 4) is 0 Å². The molecule has 0 amide bonds. The topological polar surface area (TPSA) is 150 Å². The normalized spacial score (nSPS) is 5.69. The molecule has 0 saturated heterocycles. The minimum absolute atomic E-state index is 0. The third-order valence-electron chi connectivity index (χ3n) is 0.577. The summed E-state index contributed by atoms with van der Waals surface area (Å²) in [6.45, 7) is 3.07. The first-order chi connectivity index (χ1) is 4.54. The monoisotopic (exact) mass is 244 g/mol. The predicted octanol–water partition coefficient (Wildman–Crippen LogP) is -1.39. The van der Waals surface area contributed by atoms with Crippen molar-refractivity contribution in [3.05, 3.63) is 0 Å². The van der Waals surface area contributed by atoms with Gasteiger partial charge in [0, 0.05) is 11.9 Å². The van der Waals surface area contributed by atoms with Crippen molar-refractivity contribution in [1.29, 1.82) is 0 Å². The molecule has 0 fully saturated rings. The van der Waals surface area contributed by atoms with Crippen LogP contribution in [0.1, 0.15) is 26.7 Å². The van der Waals surface area contributed by atoms with Crippen molar-refractivity contribution in [3.63, 3.8) is 0 Å². The van der Waals surface area contributed by atoms with Gasteiger partial charge >= 0.3 is 19.5 Å². The first-order valence-electron chi connectivity index (χ1n) is 2.94. The molecule has 76 valence electrons. The summed E-state index contributed by atoms with van der Waals surface area (Å²) in [6.07, 6.45) is 0.222. The maximum absolute atomic E-state index is 9.26. The standard InChI is InChI=1S/2C3H6O2.2H3N.Zn/c2*1-2-3(4)5;;;/h2*2H2,1H3,(H,4,5);2*1H3;/q;;;;+2/p-2. The van der Waals surface area contributed by atoms with E-state index >= 15 is 0 Å². The Morgan fingerprint density at radius 1 is 0.923 bits per heavy atom. The maximum Gasteiger partial charge on any atom is 2.00 e. The Morgan fingerprint density at radius 3 is 1.00 bits per heavy atom. The van der Waals surface area contributed by atoms with Crippen LogP contribution in [-0.4, -0.2) is 11.9 Å². The smallest absolute Gasteiger partial charge is 0.550 e. The molecule has 0 atom stereocenters. The van der Waals surface area contributed by atoms with E-state index in [2.05, 4.69) is 0 Å². The molecule has 0 aromatic rings. The fourth-order valence-corrected chi connectivity index (χ4v) is 0. The van der Waals surface area contributed by atoms with E-state index in [0.717, 1.165) is 0 Å². The van der Waals surface area contributed by atoms with E-state index in [1.54, 1.807) is 0 Å². The van der Waals surface area contributed by atoms with Crippen molar-refractivity contribution < 1.29 is 39.3 Å². The van der Waals surface area contributed by atoms with Crippen molar-refractivity contribution >= 4 is 11.9 Å². The van der Waals surface area contributed by atoms with Gasteiger partial charge in [0.25, 0.3) is 0 Å². The molecule has 0 aliphatic rings. The number of carbonyl (C=O) groups is 2. The first-order valence-corrected chi connectivity index (χ1v) is 2.94. The van der Waals surface area contributed by atoms with Crippen molar-refractivity contribution in [2.24, 2.45) is 0 Å². The minimum Gasteiger partial charge on any atom is -0.550 e. The van der Waals surface area contributed by atoms with Gasteiger partial charge in [0.05, 0.1) is 0 Å². The Labute approximate surface area is 90.6 Å². The van der Waals surface area contributed by atoms with Crippen molar-refractivity contribution in [2.45, 2.75) is 26.7 Å². The van der Waals surface area contributed by atoms with Crippen molar-refractivity contribution in [1.82, 2.24) is 12.3 Å². The molecule has 13 heavy (non-hydrogen) atoms. The Balaban J connectivity index is -0.0000000267. The summed E-state index contributed by atoms with van der Waals surface area (Å²) in [5.41, 5.74) is 0. The van der Waals surface area contributed by atoms with Gasteiger partial charge in [0.1, 0.15) is 0 Å². The maximum atomic E-state index is 9.26. The van der Waals surface area contributed by atoms with Gasteiger partial charge in [-0.1, -0.05) is 13.8 Å². The zero-order chi connectivity index (χ0) is 8.57. The largest absolute Gasteiger partial charge is 2.00 e. The van der Waals surface area contributed by atoms with E-state index in [0.29, 0.717) is 0 Å². The van der Waals surface area contributed by atoms with Crippen LogP contribution < -0.4 is 22.5 Å². The van der Waals surface area contributed by atoms with Crippen molar-refractivity contribution in [2.75, 3.05) is 0 Å². The summed E-state index contributed by atoms with van der Waals surface area (Å²) in [6, 6.07) is 0. The molecule has 0 heterocycles. The second-order valence-electron chi connectivity index (χ2n) is 1.45. The quantitative estimate of drug-likeness (QED) is 0.572. The van der Waals surface area contributed by atoms with Crippen LogP contribution >= 0.6 is 0 Å². The molecule has 6 nitrogen and oxygen atoms in total. The van der Waals surface area contributed by atoms with Crippen LogP contribution in [-0.2, 0) is 29.1 Å². The van der Waals surface area contributed by atoms with Gasteiger partial charge in [0.15, 0.2) is 0 Å². The number of carboxylic acid groups (broad SMARTS) is 2. The van der Waals surface area contributed by atoms with Gasteiger partial charge in [-0.05, 0) is 12.8 Å². The zero-order valence-electron chi connectivity index (χ0n) is 8.17. The molecule has 0 radical (unpaired) electrons. The van der Waals surface area contributed by atoms with Crippen LogP contribution in [0.2, 0.25) is 0 Å². The number of hydrogen-bond donors (Lipinski definition) is 2. The molecule has 0 aliphatic carbocycles. The van der Waals surface area contributed by atoms with Gasteiger partial charge < -0.3 is 32.1 Å². The van der Waals surface area contributed by atoms with E-state index in [1.165, 1.54) is 13.8 Å². The Bertz CT molecular complexity index is 107. The van der Waals surface area contributed by atoms with E-state index in [9.17, 15) is 19.8 Å². The van der Waals surface area contributed by atoms with Gasteiger partial charge in [-0.25, -0.2) is 0 Å². The average Bonchev–Trinajstić information content (AvgIpc) is 1.89. The van der Waals surface area contributed by atoms with E-state index in [1.807, 2.05) is 0 Å². The number of hydrogen-bond acceptors (Lipinski definition) is 6. The Morgan fingerprint density at radius 2 is 1.00 bits per heavy atom. The SMILES string of the molecule is CCC(=O)[O-].CCC(=O)[O-].N.N.[Zn+2]. The first kappa shape index (κ1) is 29.4. The van der Waals surface area contributed by atoms with Gasteiger partial charge in [-0.15, -0.1) is 0 Å². The van der Waals surface area contributed by atoms with Crippen LogP contribution in [0.5, 0.6) is 0 Å². The minimum atomic E-state index is -0.995. The van der Waals surface area contributed by atoms with Crippen LogP contribution in [0, 0.1) is 0 Å². The molecule has 0 spiro atoms. The molecule has 0 rings (SSSR count). The van der Waals surface area contributed by atoms with E-state index in [-0.39, 0.29) is 44.6 Å². The molecule has 0 unspecified atom stereocenters. The summed E-state index contributed by atoms with van der Waals surface area (Å²) in [4.78, 5) is 18.5. The molecule has 0 saturated carbocycles. The van der Waals surface area contributed by atoms with Crippen LogP contribution in [0.25, 0.3) is 0 Å². The molecule has 0 aromatic heterocycles. The zero-order valence-corrected chi connectivity index (χ0v) is 11.1. The van der Waals surface area contributed by atoms with Gasteiger partial charge in [-0.2, -0.15) is 0 Å². The summed E-state index contributed by atoms with van der Waals surface area (Å²) in [5.74, 6) is -1.99. The van der Waals surface area contributed by atoms with Crippen LogP contribution in [0.3, 0.4) is 0 Å². The van der Waals surface area contributed by atoms with Gasteiger partial charge in [-0.3, -0.25) is 0 Å². The second-order valence-corrected chi connectivity index (χ2v) is 1.45. The third-order valence-corrected chi connectivity index (χ3v) is 0.577. The number of aliphatic carboxylic acids is 2. The van der Waals surface area contributed by atoms with E-state index < -0.39 is 11.9 Å². The summed E-state index contributed by atoms with van der Waals surface area (Å²) < 4.78 is 0. The molecule has 6 N–H and O–H groups in total. The molecular weight excluding hydrogens is 229 g/mol. The summed E-state index contributed by atoms with van der Waals surface area (Å²) in [7, 11) is 0. The number of carboxylic acids is 2. The number of carbonyl (C=O) groups excluding carboxylic acids is 2. The summed E-state index contributed by atoms with van der Waals surface area (Å²) in [5, 5.41) is 18.5. The fraction of sp³-hybridized carbons (Fsp3) is 0.667. The molecule has 0 bridgehead atoms. The fourth-order valence-electron chi connectivity index (χ4n) is 0. The summed E-state index contributed by atoms with van der Waals surface area (Å²) >= 11 is 0. The molecule has 0 aromatic carbocycles. The average molecular weight is 246 g/mol. The predicted molar refractivity (Wildman–Crippen MR) is 40.6 cm³/mol. The Hall–Kier alpha value is -0.517. The number of rotatable bonds is 2.